The number of rotatable bonds is 2. The third-order valence-corrected chi connectivity index (χ3v) is 6.11. The van der Waals surface area contributed by atoms with E-state index in [1.54, 1.807) is 10.8 Å². The van der Waals surface area contributed by atoms with Gasteiger partial charge in [0.15, 0.2) is 11.5 Å². The Morgan fingerprint density at radius 3 is 2.75 bits per heavy atom. The van der Waals surface area contributed by atoms with Crippen LogP contribution >= 0.6 is 0 Å². The summed E-state index contributed by atoms with van der Waals surface area (Å²) in [6.45, 7) is 5.86. The number of aromatic nitrogens is 4. The quantitative estimate of drug-likeness (QED) is 0.782. The van der Waals surface area contributed by atoms with Gasteiger partial charge in [0.2, 0.25) is 0 Å². The molecule has 1 aromatic carbocycles. The summed E-state index contributed by atoms with van der Waals surface area (Å²) in [5.41, 5.74) is 0.461. The van der Waals surface area contributed by atoms with Crippen molar-refractivity contribution in [3.05, 3.63) is 36.4 Å². The van der Waals surface area contributed by atoms with Gasteiger partial charge in [0, 0.05) is 11.3 Å². The number of carboxylic acids is 1. The number of benzene rings is 1. The topological polar surface area (TPSA) is 80.4 Å². The molecule has 0 spiro atoms. The summed E-state index contributed by atoms with van der Waals surface area (Å²) in [6.07, 6.45) is 3.08. The molecule has 0 saturated heterocycles. The molecule has 2 heterocycles. The zero-order chi connectivity index (χ0) is 17.1. The first-order chi connectivity index (χ1) is 11.3. The van der Waals surface area contributed by atoms with Crippen molar-refractivity contribution in [1.29, 1.82) is 0 Å². The first kappa shape index (κ1) is 15.1. The molecule has 0 amide bonds. The molecule has 0 aliphatic heterocycles. The fourth-order valence-electron chi connectivity index (χ4n) is 3.98. The third-order valence-electron chi connectivity index (χ3n) is 6.11. The lowest BCUT2D eigenvalue weighted by molar-refractivity contribution is -0.153. The Morgan fingerprint density at radius 2 is 2.04 bits per heavy atom. The van der Waals surface area contributed by atoms with Crippen molar-refractivity contribution in [2.75, 3.05) is 0 Å². The molecule has 6 heteroatoms. The van der Waals surface area contributed by atoms with Gasteiger partial charge in [-0.1, -0.05) is 26.0 Å². The highest BCUT2D eigenvalue weighted by Crippen LogP contribution is 2.59. The van der Waals surface area contributed by atoms with Crippen molar-refractivity contribution in [3.63, 3.8) is 0 Å². The van der Waals surface area contributed by atoms with Gasteiger partial charge in [0.05, 0.1) is 10.9 Å². The fraction of sp³-hybridized carbons (Fsp3) is 0.444. The summed E-state index contributed by atoms with van der Waals surface area (Å²) in [4.78, 5) is 21.0. The number of hydrogen-bond donors (Lipinski definition) is 1. The maximum absolute atomic E-state index is 11.8. The van der Waals surface area contributed by atoms with Crippen LogP contribution in [0.4, 0.5) is 0 Å². The first-order valence-corrected chi connectivity index (χ1v) is 8.18. The second-order valence-electron chi connectivity index (χ2n) is 7.45. The van der Waals surface area contributed by atoms with Crippen LogP contribution in [0.3, 0.4) is 0 Å². The van der Waals surface area contributed by atoms with Crippen LogP contribution in [0.2, 0.25) is 0 Å². The van der Waals surface area contributed by atoms with Gasteiger partial charge in [-0.15, -0.1) is 5.10 Å². The van der Waals surface area contributed by atoms with Crippen LogP contribution in [0.1, 0.15) is 45.4 Å². The molecular formula is C18H20N4O2. The normalized spacial score (nSPS) is 26.2. The summed E-state index contributed by atoms with van der Waals surface area (Å²) >= 11 is 0. The highest BCUT2D eigenvalue weighted by molar-refractivity contribution is 5.90. The van der Waals surface area contributed by atoms with Crippen LogP contribution in [-0.4, -0.2) is 30.7 Å². The molecule has 0 bridgehead atoms. The largest absolute Gasteiger partial charge is 0.481 e. The third kappa shape index (κ3) is 1.82. The summed E-state index contributed by atoms with van der Waals surface area (Å²) in [7, 11) is 0. The van der Waals surface area contributed by atoms with E-state index < -0.39 is 16.8 Å². The lowest BCUT2D eigenvalue weighted by Crippen LogP contribution is -2.40. The number of aliphatic carboxylic acids is 1. The molecule has 24 heavy (non-hydrogen) atoms. The minimum absolute atomic E-state index is 0.0114. The molecule has 6 nitrogen and oxygen atoms in total. The summed E-state index contributed by atoms with van der Waals surface area (Å²) in [5.74, 6) is -0.0220. The van der Waals surface area contributed by atoms with Crippen molar-refractivity contribution < 1.29 is 9.90 Å². The van der Waals surface area contributed by atoms with Gasteiger partial charge in [-0.25, -0.2) is 14.5 Å². The molecule has 0 unspecified atom stereocenters. The zero-order valence-corrected chi connectivity index (χ0v) is 14.0. The minimum Gasteiger partial charge on any atom is -0.481 e. The van der Waals surface area contributed by atoms with Gasteiger partial charge in [-0.05, 0) is 37.3 Å². The summed E-state index contributed by atoms with van der Waals surface area (Å²) < 4.78 is 1.70. The Balaban J connectivity index is 1.86. The van der Waals surface area contributed by atoms with Crippen LogP contribution in [0.5, 0.6) is 0 Å². The van der Waals surface area contributed by atoms with Crippen molar-refractivity contribution >= 4 is 22.5 Å². The van der Waals surface area contributed by atoms with E-state index in [-0.39, 0.29) is 5.92 Å². The summed E-state index contributed by atoms with van der Waals surface area (Å²) in [6, 6.07) is 7.84. The molecule has 2 atom stereocenters. The van der Waals surface area contributed by atoms with E-state index in [1.807, 2.05) is 45.0 Å². The van der Waals surface area contributed by atoms with Crippen LogP contribution in [-0.2, 0) is 4.79 Å². The van der Waals surface area contributed by atoms with E-state index >= 15 is 0 Å². The van der Waals surface area contributed by atoms with Gasteiger partial charge in [-0.2, -0.15) is 0 Å². The Morgan fingerprint density at radius 1 is 1.29 bits per heavy atom. The van der Waals surface area contributed by atoms with Gasteiger partial charge < -0.3 is 5.11 Å². The van der Waals surface area contributed by atoms with Crippen molar-refractivity contribution in [1.82, 2.24) is 19.6 Å². The van der Waals surface area contributed by atoms with Crippen molar-refractivity contribution in [3.8, 4) is 0 Å². The molecule has 0 radical (unpaired) electrons. The molecule has 124 valence electrons. The average Bonchev–Trinajstić information content (AvgIpc) is 3.07. The lowest BCUT2D eigenvalue weighted by atomic mass is 9.65. The van der Waals surface area contributed by atoms with E-state index in [2.05, 4.69) is 10.1 Å². The second-order valence-corrected chi connectivity index (χ2v) is 7.45. The summed E-state index contributed by atoms with van der Waals surface area (Å²) in [5, 5.41) is 15.3. The Bertz CT molecular complexity index is 962. The first-order valence-electron chi connectivity index (χ1n) is 8.18. The van der Waals surface area contributed by atoms with Crippen LogP contribution < -0.4 is 0 Å². The van der Waals surface area contributed by atoms with Gasteiger partial charge in [0.25, 0.3) is 0 Å². The molecule has 4 rings (SSSR count). The Kier molecular flexibility index (Phi) is 2.98. The van der Waals surface area contributed by atoms with E-state index in [0.29, 0.717) is 12.2 Å². The van der Waals surface area contributed by atoms with Gasteiger partial charge in [-0.3, -0.25) is 4.79 Å². The molecule has 1 aliphatic rings. The fourth-order valence-corrected chi connectivity index (χ4v) is 3.98. The van der Waals surface area contributed by atoms with E-state index in [0.717, 1.165) is 23.0 Å². The number of hydrogen-bond acceptors (Lipinski definition) is 4. The number of carboxylic acid groups (broad SMARTS) is 1. The number of fused-ring (bicyclic) bond motifs is 3. The molecule has 1 saturated carbocycles. The smallest absolute Gasteiger partial charge is 0.309 e. The van der Waals surface area contributed by atoms with Crippen molar-refractivity contribution in [2.45, 2.75) is 39.5 Å². The molecule has 1 fully saturated rings. The molecule has 3 aromatic rings. The Hall–Kier alpha value is -2.50. The standard InChI is InChI=1S/C18H20N4O2/c1-17(2)12(8-9-18(17,3)16(23)24)14-20-15-11-6-4-5-7-13(11)19-10-22(15)21-14/h4-7,10,12H,8-9H2,1-3H3,(H,23,24)/t12-,18+/m1/s1. The van der Waals surface area contributed by atoms with E-state index in [9.17, 15) is 9.90 Å². The van der Waals surface area contributed by atoms with E-state index in [4.69, 9.17) is 4.98 Å². The predicted molar refractivity (Wildman–Crippen MR) is 89.8 cm³/mol. The van der Waals surface area contributed by atoms with Crippen molar-refractivity contribution in [2.24, 2.45) is 10.8 Å². The highest BCUT2D eigenvalue weighted by Gasteiger charge is 2.57. The maximum Gasteiger partial charge on any atom is 0.309 e. The van der Waals surface area contributed by atoms with Crippen LogP contribution in [0, 0.1) is 10.8 Å². The van der Waals surface area contributed by atoms with Gasteiger partial charge >= 0.3 is 5.97 Å². The minimum atomic E-state index is -0.768. The Labute approximate surface area is 139 Å². The monoisotopic (exact) mass is 324 g/mol. The SMILES string of the molecule is CC1(C)[C@@H](c2nc3c4ccccc4ncn3n2)CC[C@@]1(C)C(=O)O. The van der Waals surface area contributed by atoms with Crippen LogP contribution in [0.25, 0.3) is 16.6 Å². The zero-order valence-electron chi connectivity index (χ0n) is 14.0. The predicted octanol–water partition coefficient (Wildman–Crippen LogP) is 3.27. The van der Waals surface area contributed by atoms with Crippen LogP contribution in [0.15, 0.2) is 30.6 Å². The molecule has 1 N–H and O–H groups in total. The average molecular weight is 324 g/mol. The number of nitrogens with zero attached hydrogens (tertiary/aromatic N) is 4. The van der Waals surface area contributed by atoms with E-state index in [1.165, 1.54) is 0 Å². The second kappa shape index (κ2) is 4.75. The number of carbonyl (C=O) groups is 1. The lowest BCUT2D eigenvalue weighted by Gasteiger charge is -2.37. The molecule has 1 aliphatic carbocycles. The maximum atomic E-state index is 11.8. The molecular weight excluding hydrogens is 304 g/mol. The molecule has 2 aromatic heterocycles. The van der Waals surface area contributed by atoms with Gasteiger partial charge in [0.1, 0.15) is 6.33 Å². The number of para-hydroxylation sites is 1. The highest BCUT2D eigenvalue weighted by atomic mass is 16.4.